The Morgan fingerprint density at radius 2 is 1.59 bits per heavy atom. The van der Waals surface area contributed by atoms with E-state index in [1.165, 1.54) is 0 Å². The predicted molar refractivity (Wildman–Crippen MR) is 79.9 cm³/mol. The minimum Gasteiger partial charge on any atom is -0.465 e. The zero-order valence-corrected chi connectivity index (χ0v) is 13.9. The summed E-state index contributed by atoms with van der Waals surface area (Å²) < 4.78 is 21.1. The van der Waals surface area contributed by atoms with E-state index in [-0.39, 0.29) is 18.8 Å². The first kappa shape index (κ1) is 18.4. The van der Waals surface area contributed by atoms with Gasteiger partial charge in [0.1, 0.15) is 17.1 Å². The molecular formula is C16H24O6. The van der Waals surface area contributed by atoms with Crippen molar-refractivity contribution < 1.29 is 28.2 Å². The molecule has 6 nitrogen and oxygen atoms in total. The van der Waals surface area contributed by atoms with Crippen molar-refractivity contribution in [3.63, 3.8) is 0 Å². The molecule has 124 valence electrons. The molecule has 1 heterocycles. The molecule has 22 heavy (non-hydrogen) atoms. The largest absolute Gasteiger partial charge is 0.465 e. The molecule has 0 unspecified atom stereocenters. The van der Waals surface area contributed by atoms with Crippen LogP contribution >= 0.6 is 0 Å². The Morgan fingerprint density at radius 1 is 1.00 bits per heavy atom. The van der Waals surface area contributed by atoms with Gasteiger partial charge in [-0.25, -0.2) is 4.79 Å². The van der Waals surface area contributed by atoms with Gasteiger partial charge in [-0.15, -0.1) is 0 Å². The topological polar surface area (TPSA) is 75.0 Å². The number of ether oxygens (including phenoxy) is 3. The molecular weight excluding hydrogens is 288 g/mol. The third-order valence-electron chi connectivity index (χ3n) is 3.11. The van der Waals surface area contributed by atoms with Crippen LogP contribution < -0.4 is 0 Å². The molecule has 0 amide bonds. The lowest BCUT2D eigenvalue weighted by Crippen LogP contribution is -2.29. The van der Waals surface area contributed by atoms with E-state index < -0.39 is 12.3 Å². The summed E-state index contributed by atoms with van der Waals surface area (Å²) in [7, 11) is 0. The van der Waals surface area contributed by atoms with Crippen molar-refractivity contribution in [1.82, 2.24) is 0 Å². The maximum atomic E-state index is 12.3. The van der Waals surface area contributed by atoms with Gasteiger partial charge in [-0.3, -0.25) is 4.79 Å². The molecule has 0 N–H and O–H groups in total. The summed E-state index contributed by atoms with van der Waals surface area (Å²) in [6.07, 6.45) is -0.929. The predicted octanol–water partition coefficient (Wildman–Crippen LogP) is 2.58. The van der Waals surface area contributed by atoms with Gasteiger partial charge in [0.15, 0.2) is 5.78 Å². The minimum absolute atomic E-state index is 0.00197. The van der Waals surface area contributed by atoms with Crippen LogP contribution in [0, 0.1) is 13.8 Å². The normalized spacial score (nSPS) is 11.0. The van der Waals surface area contributed by atoms with Crippen molar-refractivity contribution in [2.24, 2.45) is 0 Å². The number of hydrogen-bond acceptors (Lipinski definition) is 6. The molecule has 0 saturated carbocycles. The number of furan rings is 1. The van der Waals surface area contributed by atoms with Crippen molar-refractivity contribution in [2.75, 3.05) is 19.8 Å². The molecule has 1 rings (SSSR count). The minimum atomic E-state index is -0.931. The van der Waals surface area contributed by atoms with E-state index in [9.17, 15) is 9.59 Å². The van der Waals surface area contributed by atoms with Gasteiger partial charge in [0, 0.05) is 25.2 Å². The van der Waals surface area contributed by atoms with Crippen LogP contribution in [0.5, 0.6) is 0 Å². The van der Waals surface area contributed by atoms with Crippen LogP contribution in [0.15, 0.2) is 4.42 Å². The highest BCUT2D eigenvalue weighted by Crippen LogP contribution is 2.24. The van der Waals surface area contributed by atoms with Crippen LogP contribution in [0.2, 0.25) is 0 Å². The Hall–Kier alpha value is -1.66. The first-order chi connectivity index (χ1) is 10.5. The van der Waals surface area contributed by atoms with Gasteiger partial charge in [-0.05, 0) is 34.6 Å². The van der Waals surface area contributed by atoms with E-state index in [1.54, 1.807) is 34.6 Å². The summed E-state index contributed by atoms with van der Waals surface area (Å²) in [6.45, 7) is 9.69. The second-order valence-electron chi connectivity index (χ2n) is 4.67. The number of carbonyl (C=O) groups excluding carboxylic acids is 2. The average molecular weight is 312 g/mol. The van der Waals surface area contributed by atoms with Gasteiger partial charge in [0.05, 0.1) is 6.61 Å². The fourth-order valence-corrected chi connectivity index (χ4v) is 2.21. The second kappa shape index (κ2) is 8.70. The maximum Gasteiger partial charge on any atom is 0.341 e. The van der Waals surface area contributed by atoms with Gasteiger partial charge in [-0.1, -0.05) is 0 Å². The summed E-state index contributed by atoms with van der Waals surface area (Å²) in [6, 6.07) is 0. The summed E-state index contributed by atoms with van der Waals surface area (Å²) in [4.78, 5) is 24.4. The van der Waals surface area contributed by atoms with Crippen molar-refractivity contribution in [1.29, 1.82) is 0 Å². The zero-order chi connectivity index (χ0) is 16.7. The molecule has 1 aromatic rings. The highest BCUT2D eigenvalue weighted by atomic mass is 16.7. The standard InChI is InChI=1S/C16H24O6/c1-6-19-15(18)14-11(5)22-10(4)12(14)9-13(17)16(20-7-2)21-8-3/h16H,6-9H2,1-5H3. The molecule has 0 atom stereocenters. The molecule has 0 aromatic carbocycles. The van der Waals surface area contributed by atoms with Crippen LogP contribution in [-0.2, 0) is 25.4 Å². The number of Topliss-reactive ketones (excluding diaryl/α,β-unsaturated/α-hetero) is 1. The van der Waals surface area contributed by atoms with Crippen LogP contribution in [0.1, 0.15) is 48.2 Å². The zero-order valence-electron chi connectivity index (χ0n) is 13.9. The van der Waals surface area contributed by atoms with Gasteiger partial charge >= 0.3 is 5.97 Å². The first-order valence-corrected chi connectivity index (χ1v) is 7.48. The second-order valence-corrected chi connectivity index (χ2v) is 4.67. The fraction of sp³-hybridized carbons (Fsp3) is 0.625. The number of hydrogen-bond donors (Lipinski definition) is 0. The summed E-state index contributed by atoms with van der Waals surface area (Å²) >= 11 is 0. The van der Waals surface area contributed by atoms with Crippen molar-refractivity contribution in [3.8, 4) is 0 Å². The lowest BCUT2D eigenvalue weighted by Gasteiger charge is -2.15. The van der Waals surface area contributed by atoms with Crippen LogP contribution in [0.4, 0.5) is 0 Å². The molecule has 0 bridgehead atoms. The number of ketones is 1. The van der Waals surface area contributed by atoms with E-state index in [0.717, 1.165) is 0 Å². The van der Waals surface area contributed by atoms with Crippen LogP contribution in [0.3, 0.4) is 0 Å². The number of rotatable bonds is 9. The Labute approximate surface area is 130 Å². The molecule has 0 fully saturated rings. The van der Waals surface area contributed by atoms with Gasteiger partial charge < -0.3 is 18.6 Å². The van der Waals surface area contributed by atoms with Crippen molar-refractivity contribution >= 4 is 11.8 Å². The van der Waals surface area contributed by atoms with E-state index in [0.29, 0.717) is 35.9 Å². The first-order valence-electron chi connectivity index (χ1n) is 7.48. The van der Waals surface area contributed by atoms with Gasteiger partial charge in [0.25, 0.3) is 0 Å². The summed E-state index contributed by atoms with van der Waals surface area (Å²) in [5, 5.41) is 0. The molecule has 0 saturated heterocycles. The van der Waals surface area contributed by atoms with Crippen LogP contribution in [0.25, 0.3) is 0 Å². The van der Waals surface area contributed by atoms with E-state index in [2.05, 4.69) is 0 Å². The molecule has 0 radical (unpaired) electrons. The monoisotopic (exact) mass is 312 g/mol. The molecule has 6 heteroatoms. The molecule has 0 aliphatic heterocycles. The van der Waals surface area contributed by atoms with Crippen molar-refractivity contribution in [2.45, 2.75) is 47.3 Å². The van der Waals surface area contributed by atoms with Crippen molar-refractivity contribution in [3.05, 3.63) is 22.6 Å². The smallest absolute Gasteiger partial charge is 0.341 e. The Morgan fingerprint density at radius 3 is 2.09 bits per heavy atom. The average Bonchev–Trinajstić information content (AvgIpc) is 2.73. The Kier molecular flexibility index (Phi) is 7.27. The number of esters is 1. The number of carbonyl (C=O) groups is 2. The lowest BCUT2D eigenvalue weighted by atomic mass is 10.0. The molecule has 0 aliphatic rings. The Bertz CT molecular complexity index is 511. The van der Waals surface area contributed by atoms with Gasteiger partial charge in [0.2, 0.25) is 6.29 Å². The third kappa shape index (κ3) is 4.42. The highest BCUT2D eigenvalue weighted by molar-refractivity contribution is 5.95. The fourth-order valence-electron chi connectivity index (χ4n) is 2.21. The third-order valence-corrected chi connectivity index (χ3v) is 3.11. The lowest BCUT2D eigenvalue weighted by molar-refractivity contribution is -0.167. The molecule has 0 aliphatic carbocycles. The highest BCUT2D eigenvalue weighted by Gasteiger charge is 2.27. The SMILES string of the molecule is CCOC(=O)c1c(C)oc(C)c1CC(=O)C(OCC)OCC. The quantitative estimate of drug-likeness (QED) is 0.515. The van der Waals surface area contributed by atoms with E-state index in [1.807, 2.05) is 0 Å². The summed E-state index contributed by atoms with van der Waals surface area (Å²) in [5.74, 6) is 0.242. The summed E-state index contributed by atoms with van der Waals surface area (Å²) in [5.41, 5.74) is 0.852. The van der Waals surface area contributed by atoms with E-state index in [4.69, 9.17) is 18.6 Å². The van der Waals surface area contributed by atoms with Crippen LogP contribution in [-0.4, -0.2) is 37.9 Å². The number of aryl methyl sites for hydroxylation is 2. The molecule has 1 aromatic heterocycles. The van der Waals surface area contributed by atoms with E-state index >= 15 is 0 Å². The molecule has 0 spiro atoms. The Balaban J connectivity index is 3.01. The van der Waals surface area contributed by atoms with Gasteiger partial charge in [-0.2, -0.15) is 0 Å². The maximum absolute atomic E-state index is 12.3.